The molecule has 1 amide bonds. The van der Waals surface area contributed by atoms with E-state index >= 15 is 0 Å². The Kier molecular flexibility index (Phi) is 4.08. The van der Waals surface area contributed by atoms with Crippen LogP contribution in [-0.2, 0) is 9.53 Å². The summed E-state index contributed by atoms with van der Waals surface area (Å²) in [5.41, 5.74) is 0. The average molecular weight is 239 g/mol. The number of carbonyl (C=O) groups excluding carboxylic acids is 1. The van der Waals surface area contributed by atoms with Crippen LogP contribution >= 0.6 is 0 Å². The molecule has 0 radical (unpaired) electrons. The van der Waals surface area contributed by atoms with Gasteiger partial charge in [0.15, 0.2) is 0 Å². The van der Waals surface area contributed by atoms with Crippen LogP contribution in [0.15, 0.2) is 0 Å². The van der Waals surface area contributed by atoms with Crippen molar-refractivity contribution in [1.82, 2.24) is 4.90 Å². The molecule has 0 aromatic carbocycles. The van der Waals surface area contributed by atoms with Crippen molar-refractivity contribution < 1.29 is 9.53 Å². The SMILES string of the molecule is CC1C[C@@H](C)N(C(=O)C(C)C2CCCOC2)C1. The maximum absolute atomic E-state index is 12.5. The molecule has 0 saturated carbocycles. The summed E-state index contributed by atoms with van der Waals surface area (Å²) in [7, 11) is 0. The third-order valence-corrected chi connectivity index (χ3v) is 4.36. The molecule has 3 nitrogen and oxygen atoms in total. The van der Waals surface area contributed by atoms with Crippen LogP contribution in [0, 0.1) is 17.8 Å². The first-order chi connectivity index (χ1) is 8.09. The molecule has 2 aliphatic heterocycles. The van der Waals surface area contributed by atoms with Crippen molar-refractivity contribution in [2.24, 2.45) is 17.8 Å². The van der Waals surface area contributed by atoms with Gasteiger partial charge in [0.2, 0.25) is 5.91 Å². The molecule has 2 aliphatic rings. The second-order valence-electron chi connectivity index (χ2n) is 5.95. The third-order valence-electron chi connectivity index (χ3n) is 4.36. The summed E-state index contributed by atoms with van der Waals surface area (Å²) < 4.78 is 5.49. The van der Waals surface area contributed by atoms with Gasteiger partial charge in [-0.25, -0.2) is 0 Å². The maximum Gasteiger partial charge on any atom is 0.226 e. The maximum atomic E-state index is 12.5. The molecule has 0 aromatic rings. The highest BCUT2D eigenvalue weighted by atomic mass is 16.5. The van der Waals surface area contributed by atoms with Crippen LogP contribution in [0.25, 0.3) is 0 Å². The molecule has 0 N–H and O–H groups in total. The quantitative estimate of drug-likeness (QED) is 0.740. The van der Waals surface area contributed by atoms with Crippen molar-refractivity contribution in [2.75, 3.05) is 19.8 Å². The lowest BCUT2D eigenvalue weighted by Gasteiger charge is -2.31. The second kappa shape index (κ2) is 5.38. The van der Waals surface area contributed by atoms with Crippen molar-refractivity contribution in [2.45, 2.75) is 46.1 Å². The summed E-state index contributed by atoms with van der Waals surface area (Å²) in [6.45, 7) is 9.07. The van der Waals surface area contributed by atoms with Crippen LogP contribution in [-0.4, -0.2) is 36.6 Å². The number of nitrogens with zero attached hydrogens (tertiary/aromatic N) is 1. The fourth-order valence-corrected chi connectivity index (χ4v) is 3.23. The molecular formula is C14H25NO2. The average Bonchev–Trinajstić information content (AvgIpc) is 2.68. The van der Waals surface area contributed by atoms with E-state index in [2.05, 4.69) is 25.7 Å². The minimum Gasteiger partial charge on any atom is -0.381 e. The molecule has 2 rings (SSSR count). The predicted molar refractivity (Wildman–Crippen MR) is 67.7 cm³/mol. The first kappa shape index (κ1) is 12.9. The first-order valence-electron chi connectivity index (χ1n) is 6.97. The molecule has 2 saturated heterocycles. The Morgan fingerprint density at radius 2 is 2.18 bits per heavy atom. The summed E-state index contributed by atoms with van der Waals surface area (Å²) in [4.78, 5) is 14.6. The Labute approximate surface area is 105 Å². The van der Waals surface area contributed by atoms with Crippen LogP contribution in [0.3, 0.4) is 0 Å². The van der Waals surface area contributed by atoms with Gasteiger partial charge in [0.25, 0.3) is 0 Å². The summed E-state index contributed by atoms with van der Waals surface area (Å²) in [6, 6.07) is 0.421. The van der Waals surface area contributed by atoms with E-state index in [1.165, 1.54) is 0 Å². The topological polar surface area (TPSA) is 29.5 Å². The van der Waals surface area contributed by atoms with Gasteiger partial charge in [0, 0.05) is 25.1 Å². The van der Waals surface area contributed by atoms with Gasteiger partial charge in [-0.05, 0) is 38.0 Å². The standard InChI is InChI=1S/C14H25NO2/c1-10-7-11(2)15(8-10)14(16)12(3)13-5-4-6-17-9-13/h10-13H,4-9H2,1-3H3/t10?,11-,12?,13?/m1/s1. The zero-order valence-electron chi connectivity index (χ0n) is 11.3. The van der Waals surface area contributed by atoms with Gasteiger partial charge in [-0.3, -0.25) is 4.79 Å². The lowest BCUT2D eigenvalue weighted by atomic mass is 9.88. The van der Waals surface area contributed by atoms with E-state index in [0.29, 0.717) is 23.8 Å². The van der Waals surface area contributed by atoms with E-state index < -0.39 is 0 Å². The fourth-order valence-electron chi connectivity index (χ4n) is 3.23. The van der Waals surface area contributed by atoms with Crippen molar-refractivity contribution in [3.8, 4) is 0 Å². The van der Waals surface area contributed by atoms with E-state index in [1.807, 2.05) is 0 Å². The number of hydrogen-bond acceptors (Lipinski definition) is 2. The third kappa shape index (κ3) is 2.82. The molecule has 0 spiro atoms. The fraction of sp³-hybridized carbons (Fsp3) is 0.929. The summed E-state index contributed by atoms with van der Waals surface area (Å²) in [5, 5.41) is 0. The van der Waals surface area contributed by atoms with Gasteiger partial charge in [-0.15, -0.1) is 0 Å². The summed E-state index contributed by atoms with van der Waals surface area (Å²) in [5.74, 6) is 1.56. The highest BCUT2D eigenvalue weighted by Crippen LogP contribution is 2.29. The molecule has 2 heterocycles. The Balaban J connectivity index is 1.94. The lowest BCUT2D eigenvalue weighted by Crippen LogP contribution is -2.41. The van der Waals surface area contributed by atoms with Crippen molar-refractivity contribution in [3.05, 3.63) is 0 Å². The Morgan fingerprint density at radius 3 is 2.71 bits per heavy atom. The number of rotatable bonds is 2. The molecular weight excluding hydrogens is 214 g/mol. The van der Waals surface area contributed by atoms with Crippen LogP contribution < -0.4 is 0 Å². The van der Waals surface area contributed by atoms with Crippen molar-refractivity contribution in [3.63, 3.8) is 0 Å². The smallest absolute Gasteiger partial charge is 0.226 e. The molecule has 3 heteroatoms. The molecule has 0 aromatic heterocycles. The first-order valence-corrected chi connectivity index (χ1v) is 6.97. The lowest BCUT2D eigenvalue weighted by molar-refractivity contribution is -0.139. The minimum atomic E-state index is 0.128. The zero-order valence-corrected chi connectivity index (χ0v) is 11.3. The monoisotopic (exact) mass is 239 g/mol. The minimum absolute atomic E-state index is 0.128. The Hall–Kier alpha value is -0.570. The Morgan fingerprint density at radius 1 is 1.41 bits per heavy atom. The zero-order chi connectivity index (χ0) is 12.4. The van der Waals surface area contributed by atoms with Gasteiger partial charge in [0.1, 0.15) is 0 Å². The van der Waals surface area contributed by atoms with Gasteiger partial charge in [0.05, 0.1) is 6.61 Å². The van der Waals surface area contributed by atoms with Crippen LogP contribution in [0.1, 0.15) is 40.0 Å². The van der Waals surface area contributed by atoms with Gasteiger partial charge in [-0.1, -0.05) is 13.8 Å². The van der Waals surface area contributed by atoms with Gasteiger partial charge in [-0.2, -0.15) is 0 Å². The van der Waals surface area contributed by atoms with E-state index in [9.17, 15) is 4.79 Å². The van der Waals surface area contributed by atoms with Crippen molar-refractivity contribution in [1.29, 1.82) is 0 Å². The molecule has 2 fully saturated rings. The Bertz CT molecular complexity index is 273. The highest BCUT2D eigenvalue weighted by Gasteiger charge is 2.35. The molecule has 0 aliphatic carbocycles. The van der Waals surface area contributed by atoms with Gasteiger partial charge >= 0.3 is 0 Å². The molecule has 17 heavy (non-hydrogen) atoms. The van der Waals surface area contributed by atoms with E-state index in [-0.39, 0.29) is 5.92 Å². The molecule has 0 bridgehead atoms. The molecule has 98 valence electrons. The van der Waals surface area contributed by atoms with Crippen molar-refractivity contribution >= 4 is 5.91 Å². The van der Waals surface area contributed by atoms with E-state index in [4.69, 9.17) is 4.74 Å². The number of ether oxygens (including phenoxy) is 1. The second-order valence-corrected chi connectivity index (χ2v) is 5.95. The van der Waals surface area contributed by atoms with Gasteiger partial charge < -0.3 is 9.64 Å². The van der Waals surface area contributed by atoms with E-state index in [1.54, 1.807) is 0 Å². The summed E-state index contributed by atoms with van der Waals surface area (Å²) >= 11 is 0. The number of amides is 1. The number of likely N-dealkylation sites (tertiary alicyclic amines) is 1. The predicted octanol–water partition coefficient (Wildman–Crippen LogP) is 2.31. The van der Waals surface area contributed by atoms with Crippen LogP contribution in [0.5, 0.6) is 0 Å². The number of carbonyl (C=O) groups is 1. The molecule has 4 atom stereocenters. The van der Waals surface area contributed by atoms with Crippen LogP contribution in [0.2, 0.25) is 0 Å². The largest absolute Gasteiger partial charge is 0.381 e. The molecule has 3 unspecified atom stereocenters. The van der Waals surface area contributed by atoms with E-state index in [0.717, 1.165) is 39.0 Å². The number of hydrogen-bond donors (Lipinski definition) is 0. The normalized spacial score (nSPS) is 35.9. The highest BCUT2D eigenvalue weighted by molar-refractivity contribution is 5.79. The summed E-state index contributed by atoms with van der Waals surface area (Å²) in [6.07, 6.45) is 3.40. The van der Waals surface area contributed by atoms with Crippen LogP contribution in [0.4, 0.5) is 0 Å².